The first-order valence-corrected chi connectivity index (χ1v) is 10.2. The van der Waals surface area contributed by atoms with E-state index in [1.54, 1.807) is 30.7 Å². The molecule has 1 amide bonds. The van der Waals surface area contributed by atoms with E-state index in [9.17, 15) is 4.79 Å². The van der Waals surface area contributed by atoms with E-state index in [0.717, 1.165) is 22.6 Å². The van der Waals surface area contributed by atoms with Gasteiger partial charge in [0.25, 0.3) is 5.91 Å². The monoisotopic (exact) mass is 414 g/mol. The molecule has 0 aliphatic carbocycles. The molecule has 4 aromatic rings. The van der Waals surface area contributed by atoms with Gasteiger partial charge in [0.1, 0.15) is 0 Å². The standard InChI is InChI=1S/C22H18N6OS/c29-20(25-24-15-17-11-13-23-14-12-17)16-30-22-27-26-21(18-7-3-1-4-8-18)28(22)19-9-5-2-6-10-19/h1-15H,16H2,(H,25,29)/b24-15-. The number of pyridine rings is 1. The number of aromatic nitrogens is 4. The normalized spacial score (nSPS) is 10.9. The van der Waals surface area contributed by atoms with Gasteiger partial charge in [0.05, 0.1) is 12.0 Å². The molecule has 0 aliphatic rings. The molecule has 7 nitrogen and oxygen atoms in total. The van der Waals surface area contributed by atoms with Gasteiger partial charge < -0.3 is 0 Å². The van der Waals surface area contributed by atoms with Gasteiger partial charge in [0.15, 0.2) is 11.0 Å². The van der Waals surface area contributed by atoms with E-state index in [4.69, 9.17) is 0 Å². The maximum Gasteiger partial charge on any atom is 0.250 e. The number of carbonyl (C=O) groups is 1. The summed E-state index contributed by atoms with van der Waals surface area (Å²) in [6.07, 6.45) is 4.91. The van der Waals surface area contributed by atoms with Gasteiger partial charge in [0, 0.05) is 23.6 Å². The van der Waals surface area contributed by atoms with Crippen LogP contribution < -0.4 is 5.43 Å². The highest BCUT2D eigenvalue weighted by atomic mass is 32.2. The van der Waals surface area contributed by atoms with Crippen LogP contribution in [0.1, 0.15) is 5.56 Å². The average Bonchev–Trinajstić information content (AvgIpc) is 3.23. The number of para-hydroxylation sites is 1. The van der Waals surface area contributed by atoms with Crippen LogP contribution in [0.4, 0.5) is 0 Å². The molecule has 0 saturated carbocycles. The number of thioether (sulfide) groups is 1. The number of hydrogen-bond acceptors (Lipinski definition) is 6. The molecule has 148 valence electrons. The fourth-order valence-electron chi connectivity index (χ4n) is 2.74. The zero-order valence-electron chi connectivity index (χ0n) is 15.9. The summed E-state index contributed by atoms with van der Waals surface area (Å²) in [5.41, 5.74) is 5.27. The Bertz CT molecular complexity index is 1130. The Balaban J connectivity index is 1.49. The van der Waals surface area contributed by atoms with Crippen LogP contribution in [0.25, 0.3) is 17.1 Å². The van der Waals surface area contributed by atoms with Crippen LogP contribution in [0.2, 0.25) is 0 Å². The van der Waals surface area contributed by atoms with Crippen LogP contribution in [0, 0.1) is 0 Å². The number of benzene rings is 2. The minimum Gasteiger partial charge on any atom is -0.272 e. The van der Waals surface area contributed by atoms with Gasteiger partial charge in [-0.05, 0) is 29.8 Å². The number of nitrogens with zero attached hydrogens (tertiary/aromatic N) is 5. The van der Waals surface area contributed by atoms with Crippen LogP contribution in [-0.2, 0) is 4.79 Å². The summed E-state index contributed by atoms with van der Waals surface area (Å²) < 4.78 is 1.95. The van der Waals surface area contributed by atoms with Crippen LogP contribution >= 0.6 is 11.8 Å². The Labute approximate surface area is 177 Å². The van der Waals surface area contributed by atoms with Crippen molar-refractivity contribution in [3.63, 3.8) is 0 Å². The summed E-state index contributed by atoms with van der Waals surface area (Å²) >= 11 is 1.31. The maximum absolute atomic E-state index is 12.2. The molecule has 2 aromatic heterocycles. The van der Waals surface area contributed by atoms with Crippen LogP contribution in [0.5, 0.6) is 0 Å². The van der Waals surface area contributed by atoms with Gasteiger partial charge in [-0.3, -0.25) is 14.3 Å². The molecule has 0 atom stereocenters. The molecule has 0 aliphatic heterocycles. The lowest BCUT2D eigenvalue weighted by Gasteiger charge is -2.10. The summed E-state index contributed by atoms with van der Waals surface area (Å²) in [4.78, 5) is 16.2. The van der Waals surface area contributed by atoms with Crippen LogP contribution in [0.15, 0.2) is 95.4 Å². The third kappa shape index (κ3) is 4.79. The Morgan fingerprint density at radius 1 is 0.967 bits per heavy atom. The second kappa shape index (κ2) is 9.62. The fraction of sp³-hybridized carbons (Fsp3) is 0.0455. The highest BCUT2D eigenvalue weighted by Crippen LogP contribution is 2.27. The van der Waals surface area contributed by atoms with Gasteiger partial charge >= 0.3 is 0 Å². The second-order valence-corrected chi connectivity index (χ2v) is 7.15. The molecule has 0 fully saturated rings. The van der Waals surface area contributed by atoms with E-state index in [1.807, 2.05) is 65.2 Å². The van der Waals surface area contributed by atoms with Gasteiger partial charge in [-0.1, -0.05) is 60.3 Å². The minimum absolute atomic E-state index is 0.160. The molecular formula is C22H18N6OS. The van der Waals surface area contributed by atoms with Gasteiger partial charge in [0.2, 0.25) is 0 Å². The molecule has 30 heavy (non-hydrogen) atoms. The minimum atomic E-state index is -0.228. The lowest BCUT2D eigenvalue weighted by Crippen LogP contribution is -2.20. The number of nitrogens with one attached hydrogen (secondary N) is 1. The largest absolute Gasteiger partial charge is 0.272 e. The van der Waals surface area contributed by atoms with Crippen molar-refractivity contribution in [3.05, 3.63) is 90.8 Å². The van der Waals surface area contributed by atoms with Crippen LogP contribution in [-0.4, -0.2) is 37.6 Å². The van der Waals surface area contributed by atoms with E-state index in [2.05, 4.69) is 25.7 Å². The Morgan fingerprint density at radius 2 is 1.67 bits per heavy atom. The molecule has 0 spiro atoms. The third-order valence-electron chi connectivity index (χ3n) is 4.12. The van der Waals surface area contributed by atoms with Crippen molar-refractivity contribution in [2.45, 2.75) is 5.16 Å². The Hall–Kier alpha value is -3.78. The summed E-state index contributed by atoms with van der Waals surface area (Å²) in [6.45, 7) is 0. The molecule has 0 unspecified atom stereocenters. The highest BCUT2D eigenvalue weighted by molar-refractivity contribution is 7.99. The smallest absolute Gasteiger partial charge is 0.250 e. The molecular weight excluding hydrogens is 396 g/mol. The number of rotatable bonds is 7. The van der Waals surface area contributed by atoms with Gasteiger partial charge in [-0.15, -0.1) is 10.2 Å². The van der Waals surface area contributed by atoms with Crippen molar-refractivity contribution in [1.29, 1.82) is 0 Å². The first-order valence-electron chi connectivity index (χ1n) is 9.22. The zero-order chi connectivity index (χ0) is 20.6. The van der Waals surface area contributed by atoms with E-state index < -0.39 is 0 Å². The summed E-state index contributed by atoms with van der Waals surface area (Å²) in [6, 6.07) is 23.3. The number of hydrazone groups is 1. The quantitative estimate of drug-likeness (QED) is 0.284. The number of carbonyl (C=O) groups excluding carboxylic acids is 1. The lowest BCUT2D eigenvalue weighted by atomic mass is 10.2. The van der Waals surface area contributed by atoms with Crippen molar-refractivity contribution in [3.8, 4) is 17.1 Å². The van der Waals surface area contributed by atoms with Gasteiger partial charge in [-0.25, -0.2) is 5.43 Å². The SMILES string of the molecule is O=C(CSc1nnc(-c2ccccc2)n1-c1ccccc1)N/N=C\c1ccncc1. The average molecular weight is 414 g/mol. The molecule has 0 bridgehead atoms. The highest BCUT2D eigenvalue weighted by Gasteiger charge is 2.16. The molecule has 1 N–H and O–H groups in total. The summed E-state index contributed by atoms with van der Waals surface area (Å²) in [5.74, 6) is 0.655. The van der Waals surface area contributed by atoms with E-state index in [0.29, 0.717) is 5.16 Å². The van der Waals surface area contributed by atoms with Gasteiger partial charge in [-0.2, -0.15) is 5.10 Å². The predicted molar refractivity (Wildman–Crippen MR) is 117 cm³/mol. The van der Waals surface area contributed by atoms with E-state index >= 15 is 0 Å². The molecule has 0 radical (unpaired) electrons. The summed E-state index contributed by atoms with van der Waals surface area (Å²) in [5, 5.41) is 13.3. The van der Waals surface area contributed by atoms with Crippen molar-refractivity contribution in [1.82, 2.24) is 25.2 Å². The Morgan fingerprint density at radius 3 is 2.40 bits per heavy atom. The summed E-state index contributed by atoms with van der Waals surface area (Å²) in [7, 11) is 0. The van der Waals surface area contributed by atoms with E-state index in [1.165, 1.54) is 11.8 Å². The predicted octanol–water partition coefficient (Wildman–Crippen LogP) is 3.57. The van der Waals surface area contributed by atoms with Crippen molar-refractivity contribution in [2.24, 2.45) is 5.10 Å². The molecule has 8 heteroatoms. The maximum atomic E-state index is 12.2. The number of hydrogen-bond donors (Lipinski definition) is 1. The first-order chi connectivity index (χ1) is 14.8. The molecule has 4 rings (SSSR count). The second-order valence-electron chi connectivity index (χ2n) is 6.21. The van der Waals surface area contributed by atoms with Crippen molar-refractivity contribution >= 4 is 23.9 Å². The van der Waals surface area contributed by atoms with Crippen LogP contribution in [0.3, 0.4) is 0 Å². The fourth-order valence-corrected chi connectivity index (χ4v) is 3.48. The van der Waals surface area contributed by atoms with Crippen molar-refractivity contribution < 1.29 is 4.79 Å². The lowest BCUT2D eigenvalue weighted by molar-refractivity contribution is -0.118. The first kappa shape index (κ1) is 19.5. The van der Waals surface area contributed by atoms with Crippen molar-refractivity contribution in [2.75, 3.05) is 5.75 Å². The Kier molecular flexibility index (Phi) is 6.26. The molecule has 2 heterocycles. The number of amides is 1. The van der Waals surface area contributed by atoms with E-state index in [-0.39, 0.29) is 11.7 Å². The third-order valence-corrected chi connectivity index (χ3v) is 5.05. The zero-order valence-corrected chi connectivity index (χ0v) is 16.7. The molecule has 2 aromatic carbocycles. The topological polar surface area (TPSA) is 85.1 Å². The molecule has 0 saturated heterocycles.